The Labute approximate surface area is 129 Å². The van der Waals surface area contributed by atoms with Gasteiger partial charge in [0.2, 0.25) is 0 Å². The maximum atomic E-state index is 5.32. The first-order valence-corrected chi connectivity index (χ1v) is 7.90. The van der Waals surface area contributed by atoms with E-state index in [-0.39, 0.29) is 11.0 Å². The Bertz CT molecular complexity index is 440. The van der Waals surface area contributed by atoms with E-state index in [2.05, 4.69) is 68.2 Å². The van der Waals surface area contributed by atoms with Gasteiger partial charge in [-0.3, -0.25) is 4.90 Å². The van der Waals surface area contributed by atoms with Gasteiger partial charge in [-0.05, 0) is 17.9 Å². The van der Waals surface area contributed by atoms with Crippen LogP contribution in [0, 0.1) is 5.41 Å². The molecule has 2 unspecified atom stereocenters. The monoisotopic (exact) mass is 290 g/mol. The van der Waals surface area contributed by atoms with Gasteiger partial charge in [0, 0.05) is 32.8 Å². The summed E-state index contributed by atoms with van der Waals surface area (Å²) < 4.78 is 5.32. The topological polar surface area (TPSA) is 24.5 Å². The average Bonchev–Trinajstić information content (AvgIpc) is 2.45. The predicted molar refractivity (Wildman–Crippen MR) is 88.5 cm³/mol. The zero-order valence-corrected chi connectivity index (χ0v) is 14.1. The van der Waals surface area contributed by atoms with Gasteiger partial charge in [0.15, 0.2) is 0 Å². The van der Waals surface area contributed by atoms with Gasteiger partial charge in [-0.1, -0.05) is 51.1 Å². The molecule has 2 atom stereocenters. The number of methoxy groups -OCH3 is 1. The lowest BCUT2D eigenvalue weighted by molar-refractivity contribution is 0.0102. The molecule has 3 nitrogen and oxygen atoms in total. The molecule has 1 heterocycles. The molecule has 2 rings (SSSR count). The number of hydrogen-bond donors (Lipinski definition) is 1. The van der Waals surface area contributed by atoms with Crippen LogP contribution < -0.4 is 5.32 Å². The van der Waals surface area contributed by atoms with E-state index in [1.165, 1.54) is 5.56 Å². The van der Waals surface area contributed by atoms with Crippen LogP contribution in [0.25, 0.3) is 0 Å². The van der Waals surface area contributed by atoms with Crippen molar-refractivity contribution in [3.05, 3.63) is 35.9 Å². The summed E-state index contributed by atoms with van der Waals surface area (Å²) in [5.74, 6) is 0. The molecule has 1 fully saturated rings. The summed E-state index contributed by atoms with van der Waals surface area (Å²) in [6, 6.07) is 11.3. The van der Waals surface area contributed by atoms with E-state index in [9.17, 15) is 0 Å². The maximum Gasteiger partial charge on any atom is 0.0589 e. The van der Waals surface area contributed by atoms with Gasteiger partial charge in [0.05, 0.1) is 12.1 Å². The molecular weight excluding hydrogens is 260 g/mol. The minimum absolute atomic E-state index is 0.0107. The van der Waals surface area contributed by atoms with Gasteiger partial charge in [0.25, 0.3) is 0 Å². The van der Waals surface area contributed by atoms with Crippen molar-refractivity contribution in [2.24, 2.45) is 5.41 Å². The lowest BCUT2D eigenvalue weighted by atomic mass is 9.80. The first kappa shape index (κ1) is 16.5. The van der Waals surface area contributed by atoms with Crippen molar-refractivity contribution in [2.45, 2.75) is 39.3 Å². The lowest BCUT2D eigenvalue weighted by Crippen LogP contribution is -2.64. The average molecular weight is 290 g/mol. The van der Waals surface area contributed by atoms with Crippen molar-refractivity contribution < 1.29 is 4.74 Å². The molecule has 0 spiro atoms. The van der Waals surface area contributed by atoms with E-state index >= 15 is 0 Å². The Kier molecular flexibility index (Phi) is 5.07. The van der Waals surface area contributed by atoms with E-state index in [1.54, 1.807) is 7.11 Å². The SMILES string of the molecule is COCCN1CC(C)(c2ccccc2)NCC1C(C)(C)C. The molecule has 21 heavy (non-hydrogen) atoms. The van der Waals surface area contributed by atoms with Gasteiger partial charge < -0.3 is 10.1 Å². The van der Waals surface area contributed by atoms with Crippen LogP contribution in [0.4, 0.5) is 0 Å². The fraction of sp³-hybridized carbons (Fsp3) is 0.667. The molecule has 1 saturated heterocycles. The van der Waals surface area contributed by atoms with Crippen molar-refractivity contribution in [1.82, 2.24) is 10.2 Å². The summed E-state index contributed by atoms with van der Waals surface area (Å²) in [5, 5.41) is 3.79. The maximum absolute atomic E-state index is 5.32. The van der Waals surface area contributed by atoms with Crippen LogP contribution in [0.1, 0.15) is 33.3 Å². The van der Waals surface area contributed by atoms with Crippen molar-refractivity contribution >= 4 is 0 Å². The molecule has 0 aromatic heterocycles. The van der Waals surface area contributed by atoms with Gasteiger partial charge in [0.1, 0.15) is 0 Å². The third-order valence-corrected chi connectivity index (χ3v) is 4.64. The van der Waals surface area contributed by atoms with E-state index in [4.69, 9.17) is 4.74 Å². The number of nitrogens with zero attached hydrogens (tertiary/aromatic N) is 1. The predicted octanol–water partition coefficient (Wildman–Crippen LogP) is 2.87. The summed E-state index contributed by atoms with van der Waals surface area (Å²) in [7, 11) is 1.78. The van der Waals surface area contributed by atoms with Crippen LogP contribution >= 0.6 is 0 Å². The van der Waals surface area contributed by atoms with E-state index in [0.29, 0.717) is 6.04 Å². The molecule has 0 amide bonds. The van der Waals surface area contributed by atoms with Gasteiger partial charge in [-0.2, -0.15) is 0 Å². The van der Waals surface area contributed by atoms with Gasteiger partial charge in [-0.25, -0.2) is 0 Å². The molecule has 1 aromatic rings. The first-order chi connectivity index (χ1) is 9.87. The molecular formula is C18H30N2O. The Morgan fingerprint density at radius 1 is 1.29 bits per heavy atom. The largest absolute Gasteiger partial charge is 0.383 e. The summed E-state index contributed by atoms with van der Waals surface area (Å²) >= 11 is 0. The van der Waals surface area contributed by atoms with Crippen LogP contribution in [0.5, 0.6) is 0 Å². The highest BCUT2D eigenvalue weighted by Gasteiger charge is 2.40. The first-order valence-electron chi connectivity index (χ1n) is 7.90. The summed E-state index contributed by atoms with van der Waals surface area (Å²) in [5.41, 5.74) is 1.63. The highest BCUT2D eigenvalue weighted by Crippen LogP contribution is 2.32. The van der Waals surface area contributed by atoms with Crippen LogP contribution in [0.15, 0.2) is 30.3 Å². The third kappa shape index (κ3) is 3.85. The van der Waals surface area contributed by atoms with Crippen molar-refractivity contribution in [3.8, 4) is 0 Å². The van der Waals surface area contributed by atoms with Crippen molar-refractivity contribution in [2.75, 3.05) is 33.4 Å². The van der Waals surface area contributed by atoms with Gasteiger partial charge >= 0.3 is 0 Å². The smallest absolute Gasteiger partial charge is 0.0589 e. The number of benzene rings is 1. The summed E-state index contributed by atoms with van der Waals surface area (Å²) in [6.45, 7) is 13.1. The fourth-order valence-corrected chi connectivity index (χ4v) is 3.32. The molecule has 0 aliphatic carbocycles. The van der Waals surface area contributed by atoms with Crippen LogP contribution in [0.2, 0.25) is 0 Å². The highest BCUT2D eigenvalue weighted by molar-refractivity contribution is 5.25. The second-order valence-corrected chi connectivity index (χ2v) is 7.42. The molecule has 1 aliphatic rings. The molecule has 1 N–H and O–H groups in total. The molecule has 1 aromatic carbocycles. The molecule has 0 saturated carbocycles. The normalized spacial score (nSPS) is 27.8. The second-order valence-electron chi connectivity index (χ2n) is 7.42. The minimum Gasteiger partial charge on any atom is -0.383 e. The molecule has 118 valence electrons. The van der Waals surface area contributed by atoms with E-state index in [0.717, 1.165) is 26.2 Å². The second kappa shape index (κ2) is 6.47. The Morgan fingerprint density at radius 3 is 2.52 bits per heavy atom. The number of hydrogen-bond acceptors (Lipinski definition) is 3. The standard InChI is InChI=1S/C18H30N2O/c1-17(2,3)16-13-19-18(4,14-20(16)11-12-21-5)15-9-7-6-8-10-15/h6-10,16,19H,11-14H2,1-5H3. The summed E-state index contributed by atoms with van der Waals surface area (Å²) in [6.07, 6.45) is 0. The molecule has 1 aliphatic heterocycles. The van der Waals surface area contributed by atoms with Crippen molar-refractivity contribution in [3.63, 3.8) is 0 Å². The summed E-state index contributed by atoms with van der Waals surface area (Å²) in [4.78, 5) is 2.59. The Morgan fingerprint density at radius 2 is 1.95 bits per heavy atom. The van der Waals surface area contributed by atoms with Crippen LogP contribution in [-0.4, -0.2) is 44.3 Å². The van der Waals surface area contributed by atoms with E-state index < -0.39 is 0 Å². The fourth-order valence-electron chi connectivity index (χ4n) is 3.32. The quantitative estimate of drug-likeness (QED) is 0.923. The number of piperazine rings is 1. The molecule has 3 heteroatoms. The van der Waals surface area contributed by atoms with Crippen LogP contribution in [0.3, 0.4) is 0 Å². The number of nitrogens with one attached hydrogen (secondary N) is 1. The van der Waals surface area contributed by atoms with Crippen molar-refractivity contribution in [1.29, 1.82) is 0 Å². The molecule has 0 bridgehead atoms. The number of ether oxygens (including phenoxy) is 1. The van der Waals surface area contributed by atoms with E-state index in [1.807, 2.05) is 0 Å². The zero-order valence-electron chi connectivity index (χ0n) is 14.1. The number of rotatable bonds is 4. The Hall–Kier alpha value is -0.900. The molecule has 0 radical (unpaired) electrons. The highest BCUT2D eigenvalue weighted by atomic mass is 16.5. The lowest BCUT2D eigenvalue weighted by Gasteiger charge is -2.50. The van der Waals surface area contributed by atoms with Crippen LogP contribution in [-0.2, 0) is 10.3 Å². The zero-order chi connectivity index (χ0) is 15.5. The Balaban J connectivity index is 2.19. The van der Waals surface area contributed by atoms with Gasteiger partial charge in [-0.15, -0.1) is 0 Å². The third-order valence-electron chi connectivity index (χ3n) is 4.64. The minimum atomic E-state index is 0.0107.